The molecule has 0 spiro atoms. The molecule has 0 saturated heterocycles. The first kappa shape index (κ1) is 14.7. The number of aryl methyl sites for hydroxylation is 1. The molecule has 0 aliphatic heterocycles. The predicted octanol–water partition coefficient (Wildman–Crippen LogP) is 0.0864. The molecule has 1 atom stereocenters. The van der Waals surface area contributed by atoms with Gasteiger partial charge in [0, 0.05) is 24.5 Å². The molecule has 7 heteroatoms. The van der Waals surface area contributed by atoms with Gasteiger partial charge in [-0.1, -0.05) is 12.1 Å². The summed E-state index contributed by atoms with van der Waals surface area (Å²) in [7, 11) is 1.76. The van der Waals surface area contributed by atoms with E-state index >= 15 is 0 Å². The van der Waals surface area contributed by atoms with Gasteiger partial charge in [0.2, 0.25) is 11.8 Å². The molecule has 110 valence electrons. The lowest BCUT2D eigenvalue weighted by molar-refractivity contribution is -0.118. The number of hydrogen-bond acceptors (Lipinski definition) is 4. The molecule has 2 amide bonds. The van der Waals surface area contributed by atoms with Crippen LogP contribution in [0.25, 0.3) is 0 Å². The summed E-state index contributed by atoms with van der Waals surface area (Å²) in [5.74, 6) is -0.726. The number of amides is 2. The number of aromatic nitrogens is 2. The number of primary amides is 1. The number of anilines is 1. The third kappa shape index (κ3) is 3.90. The van der Waals surface area contributed by atoms with Gasteiger partial charge in [0.15, 0.2) is 0 Å². The number of carbonyl (C=O) groups excluding carboxylic acids is 2. The van der Waals surface area contributed by atoms with Crippen LogP contribution in [0.5, 0.6) is 0 Å². The van der Waals surface area contributed by atoms with Gasteiger partial charge < -0.3 is 16.8 Å². The number of hydrogen-bond donors (Lipinski definition) is 3. The molecule has 5 N–H and O–H groups in total. The van der Waals surface area contributed by atoms with Gasteiger partial charge in [0.1, 0.15) is 6.04 Å². The summed E-state index contributed by atoms with van der Waals surface area (Å²) in [4.78, 5) is 22.8. The van der Waals surface area contributed by atoms with Gasteiger partial charge in [-0.2, -0.15) is 5.10 Å². The smallest absolute Gasteiger partial charge is 0.246 e. The molecule has 0 aliphatic carbocycles. The van der Waals surface area contributed by atoms with Gasteiger partial charge in [0.25, 0.3) is 0 Å². The minimum atomic E-state index is -0.788. The number of nitrogens with two attached hydrogens (primary N) is 2. The zero-order valence-electron chi connectivity index (χ0n) is 11.6. The van der Waals surface area contributed by atoms with Gasteiger partial charge in [-0.3, -0.25) is 14.3 Å². The van der Waals surface area contributed by atoms with Crippen LogP contribution in [0.4, 0.5) is 5.69 Å². The van der Waals surface area contributed by atoms with Crippen LogP contribution in [0.1, 0.15) is 17.2 Å². The number of carbonyl (C=O) groups is 2. The monoisotopic (exact) mass is 287 g/mol. The molecule has 0 radical (unpaired) electrons. The Balaban J connectivity index is 2.00. The third-order valence-corrected chi connectivity index (χ3v) is 2.97. The Morgan fingerprint density at radius 3 is 2.52 bits per heavy atom. The van der Waals surface area contributed by atoms with E-state index in [4.69, 9.17) is 11.5 Å². The summed E-state index contributed by atoms with van der Waals surface area (Å²) in [5, 5.41) is 6.69. The normalized spacial score (nSPS) is 11.9. The van der Waals surface area contributed by atoms with E-state index in [1.165, 1.54) is 0 Å². The molecule has 0 saturated carbocycles. The van der Waals surface area contributed by atoms with Crippen molar-refractivity contribution in [2.45, 2.75) is 12.5 Å². The van der Waals surface area contributed by atoms with Crippen molar-refractivity contribution in [3.8, 4) is 0 Å². The van der Waals surface area contributed by atoms with E-state index < -0.39 is 11.9 Å². The largest absolute Gasteiger partial charge is 0.369 e. The number of nitrogens with zero attached hydrogens (tertiary/aromatic N) is 2. The zero-order chi connectivity index (χ0) is 15.4. The highest BCUT2D eigenvalue weighted by atomic mass is 16.2. The van der Waals surface area contributed by atoms with E-state index in [1.54, 1.807) is 48.4 Å². The van der Waals surface area contributed by atoms with Crippen LogP contribution in [-0.4, -0.2) is 21.6 Å². The molecule has 1 aromatic heterocycles. The van der Waals surface area contributed by atoms with Crippen molar-refractivity contribution in [1.82, 2.24) is 9.78 Å². The molecule has 0 bridgehead atoms. The van der Waals surface area contributed by atoms with Crippen LogP contribution >= 0.6 is 0 Å². The Kier molecular flexibility index (Phi) is 4.34. The number of rotatable bonds is 5. The van der Waals surface area contributed by atoms with E-state index in [-0.39, 0.29) is 12.3 Å². The topological polar surface area (TPSA) is 116 Å². The lowest BCUT2D eigenvalue weighted by atomic mass is 10.1. The van der Waals surface area contributed by atoms with Crippen LogP contribution in [0.3, 0.4) is 0 Å². The molecule has 1 aromatic carbocycles. The predicted molar refractivity (Wildman–Crippen MR) is 78.1 cm³/mol. The van der Waals surface area contributed by atoms with Gasteiger partial charge >= 0.3 is 0 Å². The molecule has 21 heavy (non-hydrogen) atoms. The fraction of sp³-hybridized carbons (Fsp3) is 0.214. The van der Waals surface area contributed by atoms with Gasteiger partial charge in [-0.05, 0) is 17.7 Å². The van der Waals surface area contributed by atoms with E-state index in [0.717, 1.165) is 5.56 Å². The van der Waals surface area contributed by atoms with Crippen LogP contribution in [-0.2, 0) is 23.1 Å². The van der Waals surface area contributed by atoms with E-state index in [0.29, 0.717) is 11.3 Å². The molecular weight excluding hydrogens is 270 g/mol. The van der Waals surface area contributed by atoms with Crippen LogP contribution in [0.15, 0.2) is 36.7 Å². The second-order valence-corrected chi connectivity index (χ2v) is 4.75. The van der Waals surface area contributed by atoms with Crippen molar-refractivity contribution in [2.24, 2.45) is 18.5 Å². The molecule has 7 nitrogen and oxygen atoms in total. The summed E-state index contributed by atoms with van der Waals surface area (Å²) in [6, 6.07) is 6.08. The second-order valence-electron chi connectivity index (χ2n) is 4.75. The Hall–Kier alpha value is -2.67. The molecule has 0 fully saturated rings. The maximum Gasteiger partial charge on any atom is 0.246 e. The number of nitrogens with one attached hydrogen (secondary N) is 1. The quantitative estimate of drug-likeness (QED) is 0.722. The summed E-state index contributed by atoms with van der Waals surface area (Å²) in [5.41, 5.74) is 13.0. The summed E-state index contributed by atoms with van der Waals surface area (Å²) >= 11 is 0. The Bertz CT molecular complexity index is 648. The molecule has 1 unspecified atom stereocenters. The molecule has 1 heterocycles. The minimum absolute atomic E-state index is 0.170. The standard InChI is InChI=1S/C14H17N5O2/c1-19-8-10(7-17-19)13(16)14(21)18-11-4-2-9(3-5-11)6-12(15)20/h2-5,7-8,13H,6,16H2,1H3,(H2,15,20)(H,18,21). The first-order valence-electron chi connectivity index (χ1n) is 6.38. The molecule has 2 aromatic rings. The summed E-state index contributed by atoms with van der Waals surface area (Å²) in [6.07, 6.45) is 3.42. The maximum atomic E-state index is 12.0. The third-order valence-electron chi connectivity index (χ3n) is 2.97. The van der Waals surface area contributed by atoms with Crippen LogP contribution in [0, 0.1) is 0 Å². The van der Waals surface area contributed by atoms with E-state index in [1.807, 2.05) is 0 Å². The van der Waals surface area contributed by atoms with Crippen molar-refractivity contribution in [2.75, 3.05) is 5.32 Å². The lowest BCUT2D eigenvalue weighted by Crippen LogP contribution is -2.27. The highest BCUT2D eigenvalue weighted by Crippen LogP contribution is 2.14. The Labute approximate surface area is 121 Å². The van der Waals surface area contributed by atoms with Gasteiger partial charge in [-0.25, -0.2) is 0 Å². The van der Waals surface area contributed by atoms with Crippen molar-refractivity contribution in [3.05, 3.63) is 47.8 Å². The van der Waals surface area contributed by atoms with Gasteiger partial charge in [0.05, 0.1) is 12.6 Å². The number of benzene rings is 1. The SMILES string of the molecule is Cn1cc(C(N)C(=O)Nc2ccc(CC(N)=O)cc2)cn1. The second kappa shape index (κ2) is 6.19. The molecule has 2 rings (SSSR count). The van der Waals surface area contributed by atoms with E-state index in [9.17, 15) is 9.59 Å². The summed E-state index contributed by atoms with van der Waals surface area (Å²) in [6.45, 7) is 0. The van der Waals surface area contributed by atoms with Crippen molar-refractivity contribution in [1.29, 1.82) is 0 Å². The highest BCUT2D eigenvalue weighted by molar-refractivity contribution is 5.95. The van der Waals surface area contributed by atoms with Gasteiger partial charge in [-0.15, -0.1) is 0 Å². The van der Waals surface area contributed by atoms with Crippen molar-refractivity contribution in [3.63, 3.8) is 0 Å². The van der Waals surface area contributed by atoms with E-state index in [2.05, 4.69) is 10.4 Å². The fourth-order valence-electron chi connectivity index (χ4n) is 1.88. The lowest BCUT2D eigenvalue weighted by Gasteiger charge is -2.11. The van der Waals surface area contributed by atoms with Crippen LogP contribution in [0.2, 0.25) is 0 Å². The molecule has 0 aliphatic rings. The maximum absolute atomic E-state index is 12.0. The Morgan fingerprint density at radius 2 is 2.00 bits per heavy atom. The zero-order valence-corrected chi connectivity index (χ0v) is 11.6. The molecular formula is C14H17N5O2. The Morgan fingerprint density at radius 1 is 1.33 bits per heavy atom. The average Bonchev–Trinajstić information content (AvgIpc) is 2.86. The first-order chi connectivity index (χ1) is 9.95. The minimum Gasteiger partial charge on any atom is -0.369 e. The average molecular weight is 287 g/mol. The first-order valence-corrected chi connectivity index (χ1v) is 6.38. The summed E-state index contributed by atoms with van der Waals surface area (Å²) < 4.78 is 1.58. The fourth-order valence-corrected chi connectivity index (χ4v) is 1.88. The van der Waals surface area contributed by atoms with Crippen molar-refractivity contribution >= 4 is 17.5 Å². The van der Waals surface area contributed by atoms with Crippen LogP contribution < -0.4 is 16.8 Å². The highest BCUT2D eigenvalue weighted by Gasteiger charge is 2.17. The van der Waals surface area contributed by atoms with Crippen molar-refractivity contribution < 1.29 is 9.59 Å².